The Labute approximate surface area is 215 Å². The number of carboxylic acids is 2. The Bertz CT molecular complexity index is 1020. The third-order valence-corrected chi connectivity index (χ3v) is 13.2. The molecular weight excluding hydrogens is 456 g/mol. The zero-order valence-corrected chi connectivity index (χ0v) is 22.9. The number of carbonyl (C=O) groups is 2. The summed E-state index contributed by atoms with van der Waals surface area (Å²) in [6.07, 6.45) is 6.70. The smallest absolute Gasteiger partial charge is 0.312 e. The number of fused-ring (bicyclic) bond motifs is 7. The van der Waals surface area contributed by atoms with E-state index < -0.39 is 35.0 Å². The largest absolute Gasteiger partial charge is 0.481 e. The van der Waals surface area contributed by atoms with Crippen molar-refractivity contribution in [3.8, 4) is 0 Å². The Morgan fingerprint density at radius 2 is 1.47 bits per heavy atom. The minimum Gasteiger partial charge on any atom is -0.481 e. The van der Waals surface area contributed by atoms with Crippen LogP contribution < -0.4 is 0 Å². The SMILES string of the molecule is CC1(C)CC[C@]2(C(=O)O)C(O)C[C@]3(C)C(=CCC4[C@@]5(C)CC[C@H](O)[C@@](C)(C(=O)O)C5CC[C@]43C)C2C1. The van der Waals surface area contributed by atoms with Gasteiger partial charge < -0.3 is 20.4 Å². The summed E-state index contributed by atoms with van der Waals surface area (Å²) >= 11 is 0. The highest BCUT2D eigenvalue weighted by Crippen LogP contribution is 2.75. The molecule has 6 nitrogen and oxygen atoms in total. The second-order valence-corrected chi connectivity index (χ2v) is 14.9. The molecule has 0 aromatic carbocycles. The van der Waals surface area contributed by atoms with Crippen LogP contribution in [0.3, 0.4) is 0 Å². The third kappa shape index (κ3) is 2.92. The lowest BCUT2D eigenvalue weighted by molar-refractivity contribution is -0.225. The van der Waals surface area contributed by atoms with E-state index in [1.54, 1.807) is 6.92 Å². The molecule has 0 spiro atoms. The van der Waals surface area contributed by atoms with Crippen molar-refractivity contribution in [3.05, 3.63) is 11.6 Å². The average molecular weight is 503 g/mol. The zero-order chi connectivity index (χ0) is 26.7. The predicted octanol–water partition coefficient (Wildman–Crippen LogP) is 5.27. The molecule has 0 aliphatic heterocycles. The number of carboxylic acid groups (broad SMARTS) is 2. The quantitative estimate of drug-likeness (QED) is 0.383. The lowest BCUT2D eigenvalue weighted by Gasteiger charge is -2.71. The maximum atomic E-state index is 12.8. The molecule has 5 aliphatic carbocycles. The van der Waals surface area contributed by atoms with Crippen LogP contribution in [0.15, 0.2) is 11.6 Å². The molecule has 0 bridgehead atoms. The highest BCUT2D eigenvalue weighted by atomic mass is 16.4. The van der Waals surface area contributed by atoms with Gasteiger partial charge in [0.05, 0.1) is 17.6 Å². The number of hydrogen-bond donors (Lipinski definition) is 4. The van der Waals surface area contributed by atoms with Gasteiger partial charge in [-0.15, -0.1) is 0 Å². The molecule has 0 heterocycles. The molecule has 4 N–H and O–H groups in total. The number of allylic oxidation sites excluding steroid dienone is 2. The van der Waals surface area contributed by atoms with Crippen molar-refractivity contribution < 1.29 is 30.0 Å². The maximum absolute atomic E-state index is 12.8. The van der Waals surface area contributed by atoms with E-state index in [1.807, 2.05) is 0 Å². The van der Waals surface area contributed by atoms with Crippen molar-refractivity contribution in [1.29, 1.82) is 0 Å². The molecule has 0 saturated heterocycles. The van der Waals surface area contributed by atoms with E-state index in [0.717, 1.165) is 38.5 Å². The molecule has 4 unspecified atom stereocenters. The van der Waals surface area contributed by atoms with Crippen molar-refractivity contribution in [2.75, 3.05) is 0 Å². The molecule has 0 aromatic heterocycles. The third-order valence-electron chi connectivity index (χ3n) is 13.2. The van der Waals surface area contributed by atoms with Crippen molar-refractivity contribution >= 4 is 11.9 Å². The first-order chi connectivity index (χ1) is 16.5. The van der Waals surface area contributed by atoms with E-state index in [9.17, 15) is 30.0 Å². The molecule has 6 heteroatoms. The summed E-state index contributed by atoms with van der Waals surface area (Å²) in [4.78, 5) is 25.3. The molecule has 36 heavy (non-hydrogen) atoms. The lowest BCUT2D eigenvalue weighted by atomic mass is 9.33. The van der Waals surface area contributed by atoms with Crippen LogP contribution in [0.5, 0.6) is 0 Å². The van der Waals surface area contributed by atoms with Crippen LogP contribution in [0.2, 0.25) is 0 Å². The van der Waals surface area contributed by atoms with E-state index in [4.69, 9.17) is 0 Å². The molecule has 202 valence electrons. The van der Waals surface area contributed by atoms with Gasteiger partial charge in [0.1, 0.15) is 5.41 Å². The Balaban J connectivity index is 1.63. The van der Waals surface area contributed by atoms with Gasteiger partial charge in [0.25, 0.3) is 0 Å². The highest BCUT2D eigenvalue weighted by molar-refractivity contribution is 5.78. The van der Waals surface area contributed by atoms with E-state index in [-0.39, 0.29) is 39.4 Å². The Kier molecular flexibility index (Phi) is 5.53. The van der Waals surface area contributed by atoms with Crippen molar-refractivity contribution in [2.45, 2.75) is 112 Å². The fourth-order valence-electron chi connectivity index (χ4n) is 10.7. The first-order valence-corrected chi connectivity index (χ1v) is 14.0. The van der Waals surface area contributed by atoms with Crippen LogP contribution in [0.4, 0.5) is 0 Å². The van der Waals surface area contributed by atoms with Gasteiger partial charge in [0.15, 0.2) is 0 Å². The van der Waals surface area contributed by atoms with Crippen molar-refractivity contribution in [2.24, 2.45) is 50.2 Å². The summed E-state index contributed by atoms with van der Waals surface area (Å²) in [5, 5.41) is 43.3. The summed E-state index contributed by atoms with van der Waals surface area (Å²) in [5.41, 5.74) is -1.82. The molecule has 4 saturated carbocycles. The summed E-state index contributed by atoms with van der Waals surface area (Å²) in [6, 6.07) is 0. The van der Waals surface area contributed by atoms with Crippen LogP contribution >= 0.6 is 0 Å². The van der Waals surface area contributed by atoms with Crippen LogP contribution in [-0.2, 0) is 9.59 Å². The molecule has 4 fully saturated rings. The van der Waals surface area contributed by atoms with Gasteiger partial charge in [0, 0.05) is 0 Å². The molecule has 10 atom stereocenters. The van der Waals surface area contributed by atoms with Crippen LogP contribution in [0.1, 0.15) is 99.3 Å². The molecule has 0 radical (unpaired) electrons. The predicted molar refractivity (Wildman–Crippen MR) is 136 cm³/mol. The fourth-order valence-corrected chi connectivity index (χ4v) is 10.7. The molecular formula is C30H46O6. The van der Waals surface area contributed by atoms with E-state index in [1.165, 1.54) is 5.57 Å². The van der Waals surface area contributed by atoms with Crippen molar-refractivity contribution in [1.82, 2.24) is 0 Å². The Morgan fingerprint density at radius 3 is 2.08 bits per heavy atom. The number of aliphatic hydroxyl groups excluding tert-OH is 2. The van der Waals surface area contributed by atoms with Gasteiger partial charge in [-0.25, -0.2) is 0 Å². The summed E-state index contributed by atoms with van der Waals surface area (Å²) in [6.45, 7) is 13.0. The standard InChI is InChI=1S/C30H46O6/c1-25(2)13-14-30(24(35)36)18(15-25)17-7-8-19-26(3)11-10-21(31)29(6,23(33)34)20(26)9-12-27(19,4)28(17,5)16-22(30)32/h7,18-22,31-32H,8-16H2,1-6H3,(H,33,34)(H,35,36)/t18?,19?,20?,21-,22?,26+,27+,28+,29-,30+/m0/s1. The van der Waals surface area contributed by atoms with E-state index in [2.05, 4.69) is 40.7 Å². The minimum atomic E-state index is -1.17. The van der Waals surface area contributed by atoms with E-state index in [0.29, 0.717) is 19.3 Å². The molecule has 5 aliphatic rings. The van der Waals surface area contributed by atoms with Gasteiger partial charge in [-0.3, -0.25) is 9.59 Å². The number of aliphatic carboxylic acids is 2. The first kappa shape index (κ1) is 26.2. The maximum Gasteiger partial charge on any atom is 0.312 e. The van der Waals surface area contributed by atoms with Crippen molar-refractivity contribution in [3.63, 3.8) is 0 Å². The first-order valence-electron chi connectivity index (χ1n) is 14.0. The second-order valence-electron chi connectivity index (χ2n) is 14.9. The Morgan fingerprint density at radius 1 is 0.806 bits per heavy atom. The molecule has 5 rings (SSSR count). The monoisotopic (exact) mass is 502 g/mol. The molecule has 0 aromatic rings. The molecule has 0 amide bonds. The van der Waals surface area contributed by atoms with Crippen LogP contribution in [-0.4, -0.2) is 44.6 Å². The Hall–Kier alpha value is -1.40. The fraction of sp³-hybridized carbons (Fsp3) is 0.867. The normalized spacial score (nSPS) is 53.7. The minimum absolute atomic E-state index is 0.0205. The summed E-state index contributed by atoms with van der Waals surface area (Å²) < 4.78 is 0. The number of hydrogen-bond acceptors (Lipinski definition) is 4. The topological polar surface area (TPSA) is 115 Å². The highest BCUT2D eigenvalue weighted by Gasteiger charge is 2.72. The zero-order valence-electron chi connectivity index (χ0n) is 22.9. The van der Waals surface area contributed by atoms with E-state index >= 15 is 0 Å². The van der Waals surface area contributed by atoms with Gasteiger partial charge >= 0.3 is 11.9 Å². The van der Waals surface area contributed by atoms with Gasteiger partial charge in [-0.2, -0.15) is 0 Å². The van der Waals surface area contributed by atoms with Gasteiger partial charge in [-0.05, 0) is 104 Å². The lowest BCUT2D eigenvalue weighted by Crippen LogP contribution is -2.68. The number of aliphatic hydroxyl groups is 2. The van der Waals surface area contributed by atoms with Gasteiger partial charge in [-0.1, -0.05) is 46.3 Å². The van der Waals surface area contributed by atoms with Gasteiger partial charge in [0.2, 0.25) is 0 Å². The summed E-state index contributed by atoms with van der Waals surface area (Å²) in [5.74, 6) is -1.86. The second kappa shape index (κ2) is 7.59. The average Bonchev–Trinajstić information content (AvgIpc) is 2.76. The van der Waals surface area contributed by atoms with Crippen LogP contribution in [0, 0.1) is 50.2 Å². The van der Waals surface area contributed by atoms with Crippen LogP contribution in [0.25, 0.3) is 0 Å². The summed E-state index contributed by atoms with van der Waals surface area (Å²) in [7, 11) is 0. The number of rotatable bonds is 2.